The Hall–Kier alpha value is -6.75. The molecule has 3 nitrogen and oxygen atoms in total. The summed E-state index contributed by atoms with van der Waals surface area (Å²) in [5, 5.41) is 2.97. The molecule has 12 rings (SSSR count). The van der Waals surface area contributed by atoms with Gasteiger partial charge in [0.15, 0.2) is 0 Å². The number of thioether (sulfide) groups is 1. The summed E-state index contributed by atoms with van der Waals surface area (Å²) in [6.45, 7) is 0. The summed E-state index contributed by atoms with van der Waals surface area (Å²) < 4.78 is 8.94. The van der Waals surface area contributed by atoms with Crippen molar-refractivity contribution in [1.82, 2.24) is 4.57 Å². The third-order valence-corrected chi connectivity index (χ3v) is 13.7. The number of anilines is 3. The SMILES string of the molecule is C1=CC2Sc3cc(N(c4ccc(-c5ccc6c7ccccc7n(-c7ccccc7)c6c5)cc4)c4ccc(C5C=CC=C6c7ccccc7OC65)cc4)ccc3C2C=C1. The van der Waals surface area contributed by atoms with Crippen molar-refractivity contribution >= 4 is 56.2 Å². The van der Waals surface area contributed by atoms with Crippen molar-refractivity contribution in [2.24, 2.45) is 0 Å². The van der Waals surface area contributed by atoms with Gasteiger partial charge < -0.3 is 14.2 Å². The minimum absolute atomic E-state index is 0.0228. The lowest BCUT2D eigenvalue weighted by atomic mass is 9.84. The Morgan fingerprint density at radius 2 is 1.24 bits per heavy atom. The van der Waals surface area contributed by atoms with Crippen LogP contribution in [0.25, 0.3) is 44.2 Å². The number of hydrogen-bond donors (Lipinski definition) is 0. The van der Waals surface area contributed by atoms with E-state index >= 15 is 0 Å². The van der Waals surface area contributed by atoms with Gasteiger partial charge in [0.1, 0.15) is 11.9 Å². The molecule has 4 atom stereocenters. The number of aromatic nitrogens is 1. The minimum atomic E-state index is -0.0228. The molecular formula is C54H38N2OS. The molecule has 4 unspecified atom stereocenters. The molecule has 0 bridgehead atoms. The van der Waals surface area contributed by atoms with Gasteiger partial charge >= 0.3 is 0 Å². The summed E-state index contributed by atoms with van der Waals surface area (Å²) in [6.07, 6.45) is 15.7. The van der Waals surface area contributed by atoms with Crippen molar-refractivity contribution in [1.29, 1.82) is 0 Å². The maximum atomic E-state index is 6.55. The maximum absolute atomic E-state index is 6.55. The highest BCUT2D eigenvalue weighted by atomic mass is 32.2. The monoisotopic (exact) mass is 762 g/mol. The predicted octanol–water partition coefficient (Wildman–Crippen LogP) is 14.1. The van der Waals surface area contributed by atoms with Crippen molar-refractivity contribution in [3.8, 4) is 22.6 Å². The molecule has 2 aliphatic heterocycles. The van der Waals surface area contributed by atoms with Gasteiger partial charge in [-0.15, -0.1) is 11.8 Å². The molecule has 1 aromatic heterocycles. The third kappa shape index (κ3) is 5.36. The Bertz CT molecular complexity index is 3030. The van der Waals surface area contributed by atoms with E-state index in [1.807, 2.05) is 11.8 Å². The lowest BCUT2D eigenvalue weighted by molar-refractivity contribution is 0.258. The molecule has 0 saturated carbocycles. The van der Waals surface area contributed by atoms with Gasteiger partial charge in [-0.25, -0.2) is 0 Å². The van der Waals surface area contributed by atoms with Crippen LogP contribution in [0.4, 0.5) is 17.1 Å². The number of fused-ring (bicyclic) bond motifs is 9. The fraction of sp³-hybridized carbons (Fsp3) is 0.0741. The van der Waals surface area contributed by atoms with E-state index in [1.54, 1.807) is 0 Å². The first-order valence-electron chi connectivity index (χ1n) is 20.1. The van der Waals surface area contributed by atoms with Gasteiger partial charge in [0.25, 0.3) is 0 Å². The van der Waals surface area contributed by atoms with Crippen molar-refractivity contribution in [3.63, 3.8) is 0 Å². The maximum Gasteiger partial charge on any atom is 0.135 e. The Morgan fingerprint density at radius 1 is 0.534 bits per heavy atom. The summed E-state index contributed by atoms with van der Waals surface area (Å²) in [5.74, 6) is 1.53. The second kappa shape index (κ2) is 13.4. The average molecular weight is 763 g/mol. The molecule has 276 valence electrons. The number of hydrogen-bond acceptors (Lipinski definition) is 3. The highest BCUT2D eigenvalue weighted by Crippen LogP contribution is 2.51. The molecule has 0 spiro atoms. The van der Waals surface area contributed by atoms with E-state index in [2.05, 4.69) is 216 Å². The van der Waals surface area contributed by atoms with Crippen LogP contribution in [0.3, 0.4) is 0 Å². The van der Waals surface area contributed by atoms with Crippen molar-refractivity contribution in [2.45, 2.75) is 28.1 Å². The molecule has 3 heterocycles. The van der Waals surface area contributed by atoms with Gasteiger partial charge in [0, 0.05) is 66.6 Å². The molecule has 0 N–H and O–H groups in total. The topological polar surface area (TPSA) is 17.4 Å². The molecule has 0 amide bonds. The lowest BCUT2D eigenvalue weighted by Crippen LogP contribution is -2.23. The first-order valence-corrected chi connectivity index (χ1v) is 21.0. The quantitative estimate of drug-likeness (QED) is 0.168. The Labute approximate surface area is 342 Å². The Kier molecular flexibility index (Phi) is 7.74. The first-order chi connectivity index (χ1) is 28.7. The molecule has 2 aliphatic carbocycles. The number of allylic oxidation sites excluding steroid dienone is 5. The van der Waals surface area contributed by atoms with Crippen LogP contribution in [-0.2, 0) is 0 Å². The predicted molar refractivity (Wildman–Crippen MR) is 242 cm³/mol. The second-order valence-electron chi connectivity index (χ2n) is 15.6. The van der Waals surface area contributed by atoms with E-state index in [0.717, 1.165) is 22.8 Å². The molecule has 0 saturated heterocycles. The van der Waals surface area contributed by atoms with E-state index in [9.17, 15) is 0 Å². The van der Waals surface area contributed by atoms with Crippen molar-refractivity contribution < 1.29 is 4.74 Å². The summed E-state index contributed by atoms with van der Waals surface area (Å²) in [6, 6.07) is 60.0. The summed E-state index contributed by atoms with van der Waals surface area (Å²) in [7, 11) is 0. The van der Waals surface area contributed by atoms with Gasteiger partial charge in [-0.3, -0.25) is 0 Å². The first kappa shape index (κ1) is 33.4. The number of benzene rings is 7. The van der Waals surface area contributed by atoms with Gasteiger partial charge in [-0.1, -0.05) is 140 Å². The number of para-hydroxylation sites is 3. The van der Waals surface area contributed by atoms with Gasteiger partial charge in [0.05, 0.1) is 11.0 Å². The molecule has 7 aromatic carbocycles. The highest BCUT2D eigenvalue weighted by molar-refractivity contribution is 8.00. The lowest BCUT2D eigenvalue weighted by Gasteiger charge is -2.28. The van der Waals surface area contributed by atoms with E-state index in [-0.39, 0.29) is 12.0 Å². The normalized spacial score (nSPS) is 19.7. The van der Waals surface area contributed by atoms with Crippen LogP contribution in [0.1, 0.15) is 28.5 Å². The fourth-order valence-corrected chi connectivity index (χ4v) is 10.9. The van der Waals surface area contributed by atoms with Crippen molar-refractivity contribution in [3.05, 3.63) is 223 Å². The van der Waals surface area contributed by atoms with Crippen LogP contribution < -0.4 is 9.64 Å². The average Bonchev–Trinajstić information content (AvgIpc) is 3.96. The zero-order valence-electron chi connectivity index (χ0n) is 31.7. The number of rotatable bonds is 6. The summed E-state index contributed by atoms with van der Waals surface area (Å²) in [5.41, 5.74) is 14.5. The van der Waals surface area contributed by atoms with E-state index < -0.39 is 0 Å². The summed E-state index contributed by atoms with van der Waals surface area (Å²) in [4.78, 5) is 3.76. The highest BCUT2D eigenvalue weighted by Gasteiger charge is 2.36. The standard InChI is InChI=1S/C54H38N2OS/c1-2-11-38(12-3-1)56-49-18-7-4-13-43(49)44-31-25-37(33-50(44)56)35-21-26-39(27-22-35)55(41-30-32-47-46-15-6-9-20-52(46)58-53(47)34-41)40-28-23-36(24-29-40)42-16-10-17-48-45-14-5-8-19-51(45)57-54(42)48/h1-34,42,46,52,54H. The largest absolute Gasteiger partial charge is 0.484 e. The minimum Gasteiger partial charge on any atom is -0.484 e. The fourth-order valence-electron chi connectivity index (χ4n) is 9.55. The van der Waals surface area contributed by atoms with Crippen LogP contribution >= 0.6 is 11.8 Å². The van der Waals surface area contributed by atoms with Crippen LogP contribution in [0.2, 0.25) is 0 Å². The molecular weight excluding hydrogens is 725 g/mol. The van der Waals surface area contributed by atoms with Gasteiger partial charge in [-0.2, -0.15) is 0 Å². The van der Waals surface area contributed by atoms with Crippen LogP contribution in [0.15, 0.2) is 211 Å². The molecule has 8 aromatic rings. The van der Waals surface area contributed by atoms with Crippen LogP contribution in [0.5, 0.6) is 5.75 Å². The molecule has 4 heteroatoms. The smallest absolute Gasteiger partial charge is 0.135 e. The zero-order valence-corrected chi connectivity index (χ0v) is 32.5. The van der Waals surface area contributed by atoms with E-state index in [0.29, 0.717) is 11.2 Å². The zero-order chi connectivity index (χ0) is 38.2. The second-order valence-corrected chi connectivity index (χ2v) is 16.8. The van der Waals surface area contributed by atoms with Gasteiger partial charge in [-0.05, 0) is 89.0 Å². The van der Waals surface area contributed by atoms with E-state index in [1.165, 1.54) is 65.8 Å². The van der Waals surface area contributed by atoms with Crippen LogP contribution in [-0.4, -0.2) is 15.9 Å². The molecule has 0 radical (unpaired) electrons. The Morgan fingerprint density at radius 3 is 2.12 bits per heavy atom. The molecule has 58 heavy (non-hydrogen) atoms. The van der Waals surface area contributed by atoms with Gasteiger partial charge in [0.2, 0.25) is 0 Å². The molecule has 0 fully saturated rings. The summed E-state index contributed by atoms with van der Waals surface area (Å²) >= 11 is 1.97. The molecule has 4 aliphatic rings. The number of ether oxygens (including phenoxy) is 1. The Balaban J connectivity index is 0.920. The van der Waals surface area contributed by atoms with E-state index in [4.69, 9.17) is 4.74 Å². The number of nitrogens with zero attached hydrogens (tertiary/aromatic N) is 2. The van der Waals surface area contributed by atoms with Crippen LogP contribution in [0, 0.1) is 0 Å². The third-order valence-electron chi connectivity index (χ3n) is 12.3. The van der Waals surface area contributed by atoms with Crippen molar-refractivity contribution in [2.75, 3.05) is 4.90 Å².